The van der Waals surface area contributed by atoms with E-state index in [2.05, 4.69) is 5.32 Å². The maximum atomic E-state index is 11.7. The minimum Gasteiger partial charge on any atom is -0.456 e. The Labute approximate surface area is 137 Å². The highest BCUT2D eigenvalue weighted by Crippen LogP contribution is 2.09. The van der Waals surface area contributed by atoms with Gasteiger partial charge in [0.15, 0.2) is 6.61 Å². The van der Waals surface area contributed by atoms with Gasteiger partial charge in [-0.1, -0.05) is 23.5 Å². The minimum absolute atomic E-state index is 0.0508. The van der Waals surface area contributed by atoms with Gasteiger partial charge in [-0.2, -0.15) is 0 Å². The van der Waals surface area contributed by atoms with Crippen LogP contribution in [0.25, 0.3) is 0 Å². The van der Waals surface area contributed by atoms with Gasteiger partial charge in [0.2, 0.25) is 0 Å². The molecule has 1 aromatic carbocycles. The standard InChI is InChI=1S/C16H18N2O4S/c1-11-4-3-5-13(8-11)17-14(19)9-22-15(20)6-7-18-12(2)10-23-16(18)21/h3-5,8,10H,6-7,9H2,1-2H3,(H,17,19). The first-order valence-corrected chi connectivity index (χ1v) is 8.01. The molecule has 0 aliphatic rings. The first kappa shape index (κ1) is 17.0. The summed E-state index contributed by atoms with van der Waals surface area (Å²) in [5.74, 6) is -0.908. The molecule has 0 aliphatic carbocycles. The highest BCUT2D eigenvalue weighted by atomic mass is 32.1. The van der Waals surface area contributed by atoms with Crippen LogP contribution in [-0.2, 0) is 20.9 Å². The molecule has 0 bridgehead atoms. The first-order chi connectivity index (χ1) is 11.0. The van der Waals surface area contributed by atoms with Crippen LogP contribution >= 0.6 is 11.3 Å². The van der Waals surface area contributed by atoms with Crippen LogP contribution in [0.4, 0.5) is 5.69 Å². The average Bonchev–Trinajstić information content (AvgIpc) is 2.82. The van der Waals surface area contributed by atoms with E-state index in [0.717, 1.165) is 22.6 Å². The third kappa shape index (κ3) is 5.07. The van der Waals surface area contributed by atoms with Crippen molar-refractivity contribution in [1.29, 1.82) is 0 Å². The highest BCUT2D eigenvalue weighted by Gasteiger charge is 2.10. The Morgan fingerprint density at radius 2 is 2.09 bits per heavy atom. The fourth-order valence-corrected chi connectivity index (χ4v) is 2.78. The second-order valence-corrected chi connectivity index (χ2v) is 5.94. The van der Waals surface area contributed by atoms with Gasteiger partial charge in [0.05, 0.1) is 6.42 Å². The number of hydrogen-bond acceptors (Lipinski definition) is 5. The summed E-state index contributed by atoms with van der Waals surface area (Å²) in [5.41, 5.74) is 2.49. The number of rotatable bonds is 6. The normalized spacial score (nSPS) is 10.3. The number of anilines is 1. The third-order valence-corrected chi connectivity index (χ3v) is 4.06. The van der Waals surface area contributed by atoms with E-state index in [1.807, 2.05) is 25.1 Å². The number of benzene rings is 1. The maximum absolute atomic E-state index is 11.7. The monoisotopic (exact) mass is 334 g/mol. The van der Waals surface area contributed by atoms with E-state index < -0.39 is 11.9 Å². The van der Waals surface area contributed by atoms with Crippen molar-refractivity contribution < 1.29 is 14.3 Å². The average molecular weight is 334 g/mol. The molecule has 0 fully saturated rings. The molecule has 1 aromatic heterocycles. The van der Waals surface area contributed by atoms with Crippen molar-refractivity contribution in [1.82, 2.24) is 4.57 Å². The van der Waals surface area contributed by atoms with Gasteiger partial charge in [0.1, 0.15) is 0 Å². The van der Waals surface area contributed by atoms with E-state index in [9.17, 15) is 14.4 Å². The second-order valence-electron chi connectivity index (χ2n) is 5.12. The quantitative estimate of drug-likeness (QED) is 0.821. The van der Waals surface area contributed by atoms with Gasteiger partial charge >= 0.3 is 10.8 Å². The largest absolute Gasteiger partial charge is 0.456 e. The van der Waals surface area contributed by atoms with Crippen LogP contribution in [0.2, 0.25) is 0 Å². The molecule has 2 aromatic rings. The Kier molecular flexibility index (Phi) is 5.70. The predicted molar refractivity (Wildman–Crippen MR) is 88.7 cm³/mol. The molecule has 0 aliphatic heterocycles. The van der Waals surface area contributed by atoms with Crippen molar-refractivity contribution in [3.8, 4) is 0 Å². The Morgan fingerprint density at radius 1 is 1.30 bits per heavy atom. The zero-order chi connectivity index (χ0) is 16.8. The molecule has 7 heteroatoms. The van der Waals surface area contributed by atoms with Crippen molar-refractivity contribution in [2.24, 2.45) is 0 Å². The molecule has 1 heterocycles. The highest BCUT2D eigenvalue weighted by molar-refractivity contribution is 7.07. The summed E-state index contributed by atoms with van der Waals surface area (Å²) in [6.07, 6.45) is 0.0508. The third-order valence-electron chi connectivity index (χ3n) is 3.18. The number of nitrogens with zero attached hydrogens (tertiary/aromatic N) is 1. The van der Waals surface area contributed by atoms with E-state index in [1.54, 1.807) is 18.4 Å². The fourth-order valence-electron chi connectivity index (χ4n) is 2.02. The number of nitrogens with one attached hydrogen (secondary N) is 1. The molecule has 1 N–H and O–H groups in total. The van der Waals surface area contributed by atoms with Crippen molar-refractivity contribution >= 4 is 28.9 Å². The summed E-state index contributed by atoms with van der Waals surface area (Å²) in [6.45, 7) is 3.64. The van der Waals surface area contributed by atoms with Gasteiger partial charge in [-0.3, -0.25) is 14.4 Å². The summed E-state index contributed by atoms with van der Waals surface area (Å²) in [7, 11) is 0. The summed E-state index contributed by atoms with van der Waals surface area (Å²) >= 11 is 1.09. The van der Waals surface area contributed by atoms with Crippen LogP contribution in [0, 0.1) is 13.8 Å². The molecular weight excluding hydrogens is 316 g/mol. The molecule has 0 spiro atoms. The molecule has 6 nitrogen and oxygen atoms in total. The summed E-state index contributed by atoms with van der Waals surface area (Å²) in [5, 5.41) is 4.40. The van der Waals surface area contributed by atoms with Gasteiger partial charge < -0.3 is 14.6 Å². The molecule has 0 unspecified atom stereocenters. The van der Waals surface area contributed by atoms with E-state index in [0.29, 0.717) is 5.69 Å². The maximum Gasteiger partial charge on any atom is 0.308 e. The van der Waals surface area contributed by atoms with Gasteiger partial charge in [-0.25, -0.2) is 0 Å². The first-order valence-electron chi connectivity index (χ1n) is 7.13. The molecule has 0 saturated carbocycles. The van der Waals surface area contributed by atoms with E-state index in [1.165, 1.54) is 4.57 Å². The van der Waals surface area contributed by atoms with E-state index >= 15 is 0 Å². The van der Waals surface area contributed by atoms with Gasteiger partial charge in [0, 0.05) is 23.3 Å². The summed E-state index contributed by atoms with van der Waals surface area (Å²) in [6, 6.07) is 7.34. The number of thiazole rings is 1. The van der Waals surface area contributed by atoms with Crippen molar-refractivity contribution in [2.75, 3.05) is 11.9 Å². The van der Waals surface area contributed by atoms with Crippen LogP contribution in [-0.4, -0.2) is 23.1 Å². The number of carbonyl (C=O) groups excluding carboxylic acids is 2. The van der Waals surface area contributed by atoms with Crippen molar-refractivity contribution in [3.63, 3.8) is 0 Å². The Balaban J connectivity index is 1.76. The molecular formula is C16H18N2O4S. The number of carbonyl (C=O) groups is 2. The fraction of sp³-hybridized carbons (Fsp3) is 0.312. The van der Waals surface area contributed by atoms with E-state index in [4.69, 9.17) is 4.74 Å². The lowest BCUT2D eigenvalue weighted by Crippen LogP contribution is -2.22. The predicted octanol–water partition coefficient (Wildman–Crippen LogP) is 2.10. The molecule has 0 saturated heterocycles. The smallest absolute Gasteiger partial charge is 0.308 e. The number of amides is 1. The number of aryl methyl sites for hydroxylation is 2. The molecule has 2 rings (SSSR count). The zero-order valence-corrected chi connectivity index (χ0v) is 13.8. The van der Waals surface area contributed by atoms with Gasteiger partial charge in [0.25, 0.3) is 5.91 Å². The molecule has 23 heavy (non-hydrogen) atoms. The van der Waals surface area contributed by atoms with Crippen molar-refractivity contribution in [2.45, 2.75) is 26.8 Å². The summed E-state index contributed by atoms with van der Waals surface area (Å²) < 4.78 is 6.43. The topological polar surface area (TPSA) is 77.4 Å². The van der Waals surface area contributed by atoms with Crippen LogP contribution in [0.5, 0.6) is 0 Å². The van der Waals surface area contributed by atoms with Crippen LogP contribution in [0.3, 0.4) is 0 Å². The SMILES string of the molecule is Cc1cccc(NC(=O)COC(=O)CCn2c(C)csc2=O)c1. The number of ether oxygens (including phenoxy) is 1. The molecule has 1 amide bonds. The lowest BCUT2D eigenvalue weighted by atomic mass is 10.2. The lowest BCUT2D eigenvalue weighted by molar-refractivity contribution is -0.147. The number of aromatic nitrogens is 1. The zero-order valence-electron chi connectivity index (χ0n) is 13.0. The Hall–Kier alpha value is -2.41. The van der Waals surface area contributed by atoms with Crippen LogP contribution in [0.15, 0.2) is 34.4 Å². The minimum atomic E-state index is -0.512. The molecule has 0 atom stereocenters. The second kappa shape index (κ2) is 7.73. The van der Waals surface area contributed by atoms with E-state index in [-0.39, 0.29) is 24.4 Å². The number of esters is 1. The summed E-state index contributed by atoms with van der Waals surface area (Å²) in [4.78, 5) is 34.8. The Bertz CT molecular complexity index is 763. The lowest BCUT2D eigenvalue weighted by Gasteiger charge is -2.08. The molecule has 122 valence electrons. The van der Waals surface area contributed by atoms with Crippen LogP contribution in [0.1, 0.15) is 17.7 Å². The van der Waals surface area contributed by atoms with Gasteiger partial charge in [-0.05, 0) is 31.5 Å². The van der Waals surface area contributed by atoms with Crippen LogP contribution < -0.4 is 10.2 Å². The van der Waals surface area contributed by atoms with Crippen molar-refractivity contribution in [3.05, 3.63) is 50.6 Å². The number of hydrogen-bond donors (Lipinski definition) is 1. The Morgan fingerprint density at radius 3 is 2.74 bits per heavy atom. The van der Waals surface area contributed by atoms with Gasteiger partial charge in [-0.15, -0.1) is 0 Å². The molecule has 0 radical (unpaired) electrons.